The van der Waals surface area contributed by atoms with Crippen LogP contribution in [-0.2, 0) is 6.42 Å². The van der Waals surface area contributed by atoms with E-state index in [1.54, 1.807) is 23.2 Å². The predicted molar refractivity (Wildman–Crippen MR) is 75.8 cm³/mol. The lowest BCUT2D eigenvalue weighted by Crippen LogP contribution is -2.28. The van der Waals surface area contributed by atoms with E-state index in [2.05, 4.69) is 11.1 Å². The Balaban J connectivity index is 1.74. The maximum Gasteiger partial charge on any atom is 0.294 e. The number of hydrogen-bond donors (Lipinski definition) is 0. The van der Waals surface area contributed by atoms with Gasteiger partial charge in [-0.05, 0) is 30.2 Å². The SMILES string of the molecule is O=C(c1cc2ncccc2o1)N1CCc2ccccc21. The van der Waals surface area contributed by atoms with Crippen molar-refractivity contribution in [2.45, 2.75) is 6.42 Å². The van der Waals surface area contributed by atoms with Gasteiger partial charge in [0.25, 0.3) is 5.91 Å². The van der Waals surface area contributed by atoms with E-state index in [1.165, 1.54) is 5.56 Å². The fourth-order valence-electron chi connectivity index (χ4n) is 2.66. The number of carbonyl (C=O) groups excluding carboxylic acids is 1. The highest BCUT2D eigenvalue weighted by Gasteiger charge is 2.27. The zero-order valence-corrected chi connectivity index (χ0v) is 10.7. The predicted octanol–water partition coefficient (Wildman–Crippen LogP) is 3.03. The van der Waals surface area contributed by atoms with E-state index in [9.17, 15) is 4.79 Å². The number of benzene rings is 1. The van der Waals surface area contributed by atoms with E-state index in [4.69, 9.17) is 4.42 Å². The van der Waals surface area contributed by atoms with Gasteiger partial charge in [0.2, 0.25) is 0 Å². The van der Waals surface area contributed by atoms with Crippen LogP contribution in [0.25, 0.3) is 11.1 Å². The van der Waals surface area contributed by atoms with Crippen molar-refractivity contribution in [3.05, 3.63) is 60.0 Å². The zero-order chi connectivity index (χ0) is 13.5. The monoisotopic (exact) mass is 264 g/mol. The maximum atomic E-state index is 12.6. The first kappa shape index (κ1) is 11.2. The Kier molecular flexibility index (Phi) is 2.36. The van der Waals surface area contributed by atoms with Crippen LogP contribution in [0, 0.1) is 0 Å². The number of anilines is 1. The topological polar surface area (TPSA) is 46.3 Å². The molecule has 0 saturated heterocycles. The van der Waals surface area contributed by atoms with Crippen LogP contribution in [0.1, 0.15) is 16.1 Å². The van der Waals surface area contributed by atoms with Crippen molar-refractivity contribution in [1.82, 2.24) is 4.98 Å². The lowest BCUT2D eigenvalue weighted by atomic mass is 10.2. The van der Waals surface area contributed by atoms with E-state index in [1.807, 2.05) is 24.3 Å². The Bertz CT molecular complexity index is 774. The van der Waals surface area contributed by atoms with Crippen molar-refractivity contribution >= 4 is 22.7 Å². The van der Waals surface area contributed by atoms with E-state index in [-0.39, 0.29) is 5.91 Å². The Morgan fingerprint density at radius 3 is 3.00 bits per heavy atom. The first-order chi connectivity index (χ1) is 9.83. The third-order valence-electron chi connectivity index (χ3n) is 3.63. The minimum atomic E-state index is -0.104. The third kappa shape index (κ3) is 1.61. The molecule has 20 heavy (non-hydrogen) atoms. The van der Waals surface area contributed by atoms with Gasteiger partial charge < -0.3 is 9.32 Å². The molecule has 0 saturated carbocycles. The summed E-state index contributed by atoms with van der Waals surface area (Å²) in [6.45, 7) is 0.697. The highest BCUT2D eigenvalue weighted by molar-refractivity contribution is 6.07. The van der Waals surface area contributed by atoms with Crippen molar-refractivity contribution < 1.29 is 9.21 Å². The van der Waals surface area contributed by atoms with E-state index >= 15 is 0 Å². The molecule has 0 spiro atoms. The summed E-state index contributed by atoms with van der Waals surface area (Å²) < 4.78 is 5.60. The van der Waals surface area contributed by atoms with E-state index in [0.29, 0.717) is 23.4 Å². The molecular weight excluding hydrogens is 252 g/mol. The average molecular weight is 264 g/mol. The largest absolute Gasteiger partial charge is 0.449 e. The number of rotatable bonds is 1. The minimum Gasteiger partial charge on any atom is -0.449 e. The normalized spacial score (nSPS) is 13.7. The minimum absolute atomic E-state index is 0.104. The molecule has 0 aliphatic carbocycles. The van der Waals surface area contributed by atoms with Gasteiger partial charge in [0.1, 0.15) is 5.52 Å². The molecule has 0 radical (unpaired) electrons. The average Bonchev–Trinajstić information content (AvgIpc) is 3.10. The molecule has 3 aromatic rings. The molecule has 0 atom stereocenters. The Morgan fingerprint density at radius 1 is 1.20 bits per heavy atom. The summed E-state index contributed by atoms with van der Waals surface area (Å²) in [6.07, 6.45) is 2.58. The first-order valence-corrected chi connectivity index (χ1v) is 6.57. The van der Waals surface area contributed by atoms with Gasteiger partial charge in [0.05, 0.1) is 0 Å². The molecule has 1 aliphatic heterocycles. The molecule has 4 rings (SSSR count). The van der Waals surface area contributed by atoms with Gasteiger partial charge in [-0.1, -0.05) is 18.2 Å². The highest BCUT2D eigenvalue weighted by Crippen LogP contribution is 2.29. The maximum absolute atomic E-state index is 12.6. The standard InChI is InChI=1S/C16H12N2O2/c19-16(15-10-12-14(20-15)6-3-8-17-12)18-9-7-11-4-1-2-5-13(11)18/h1-6,8,10H,7,9H2. The quantitative estimate of drug-likeness (QED) is 0.678. The number of fused-ring (bicyclic) bond motifs is 2. The summed E-state index contributed by atoms with van der Waals surface area (Å²) in [5, 5.41) is 0. The van der Waals surface area contributed by atoms with Gasteiger partial charge >= 0.3 is 0 Å². The summed E-state index contributed by atoms with van der Waals surface area (Å²) in [5.41, 5.74) is 3.53. The van der Waals surface area contributed by atoms with Gasteiger partial charge in [-0.25, -0.2) is 0 Å². The smallest absolute Gasteiger partial charge is 0.294 e. The van der Waals surface area contributed by atoms with Crippen LogP contribution in [-0.4, -0.2) is 17.4 Å². The molecule has 1 amide bonds. The second-order valence-electron chi connectivity index (χ2n) is 4.83. The van der Waals surface area contributed by atoms with Gasteiger partial charge in [0.15, 0.2) is 11.3 Å². The number of amides is 1. The molecule has 0 N–H and O–H groups in total. The van der Waals surface area contributed by atoms with Gasteiger partial charge in [-0.3, -0.25) is 9.78 Å². The van der Waals surface area contributed by atoms with Gasteiger partial charge in [0, 0.05) is 24.5 Å². The van der Waals surface area contributed by atoms with Crippen molar-refractivity contribution in [2.75, 3.05) is 11.4 Å². The number of pyridine rings is 1. The first-order valence-electron chi connectivity index (χ1n) is 6.57. The summed E-state index contributed by atoms with van der Waals surface area (Å²) in [5.74, 6) is 0.239. The van der Waals surface area contributed by atoms with Crippen LogP contribution >= 0.6 is 0 Å². The molecule has 3 heterocycles. The van der Waals surface area contributed by atoms with Gasteiger partial charge in [-0.15, -0.1) is 0 Å². The molecular formula is C16H12N2O2. The molecule has 4 heteroatoms. The number of furan rings is 1. The van der Waals surface area contributed by atoms with Crippen LogP contribution in [0.3, 0.4) is 0 Å². The third-order valence-corrected chi connectivity index (χ3v) is 3.63. The van der Waals surface area contributed by atoms with Crippen molar-refractivity contribution in [3.8, 4) is 0 Å². The Hall–Kier alpha value is -2.62. The number of aromatic nitrogens is 1. The van der Waals surface area contributed by atoms with E-state index < -0.39 is 0 Å². The highest BCUT2D eigenvalue weighted by atomic mass is 16.3. The molecule has 1 aliphatic rings. The van der Waals surface area contributed by atoms with Crippen LogP contribution in [0.5, 0.6) is 0 Å². The second-order valence-corrected chi connectivity index (χ2v) is 4.83. The van der Waals surface area contributed by atoms with Crippen LogP contribution in [0.2, 0.25) is 0 Å². The fraction of sp³-hybridized carbons (Fsp3) is 0.125. The zero-order valence-electron chi connectivity index (χ0n) is 10.7. The fourth-order valence-corrected chi connectivity index (χ4v) is 2.66. The van der Waals surface area contributed by atoms with Crippen LogP contribution < -0.4 is 4.90 Å². The summed E-state index contributed by atoms with van der Waals surface area (Å²) in [4.78, 5) is 18.5. The molecule has 0 bridgehead atoms. The number of nitrogens with zero attached hydrogens (tertiary/aromatic N) is 2. The van der Waals surface area contributed by atoms with Crippen molar-refractivity contribution in [2.24, 2.45) is 0 Å². The lowest BCUT2D eigenvalue weighted by molar-refractivity contribution is 0.0965. The summed E-state index contributed by atoms with van der Waals surface area (Å²) in [7, 11) is 0. The van der Waals surface area contributed by atoms with Crippen LogP contribution in [0.4, 0.5) is 5.69 Å². The Labute approximate surface area is 115 Å². The van der Waals surface area contributed by atoms with Crippen LogP contribution in [0.15, 0.2) is 53.1 Å². The lowest BCUT2D eigenvalue weighted by Gasteiger charge is -2.15. The van der Waals surface area contributed by atoms with Crippen molar-refractivity contribution in [1.29, 1.82) is 0 Å². The molecule has 4 nitrogen and oxygen atoms in total. The van der Waals surface area contributed by atoms with E-state index in [0.717, 1.165) is 12.1 Å². The second kappa shape index (κ2) is 4.20. The number of para-hydroxylation sites is 1. The molecule has 98 valence electrons. The molecule has 0 fully saturated rings. The molecule has 2 aromatic heterocycles. The van der Waals surface area contributed by atoms with Crippen molar-refractivity contribution in [3.63, 3.8) is 0 Å². The summed E-state index contributed by atoms with van der Waals surface area (Å²) >= 11 is 0. The Morgan fingerprint density at radius 2 is 2.10 bits per heavy atom. The molecule has 1 aromatic carbocycles. The van der Waals surface area contributed by atoms with Gasteiger partial charge in [-0.2, -0.15) is 0 Å². The summed E-state index contributed by atoms with van der Waals surface area (Å²) in [6, 6.07) is 13.3. The number of carbonyl (C=O) groups is 1. The number of hydrogen-bond acceptors (Lipinski definition) is 3. The molecule has 0 unspecified atom stereocenters.